The molecule has 0 radical (unpaired) electrons. The molecule has 6 heteroatoms. The summed E-state index contributed by atoms with van der Waals surface area (Å²) in [5.41, 5.74) is 0. The molecular formula is C12H22N2O3S. The van der Waals surface area contributed by atoms with Crippen LogP contribution in [0.2, 0.25) is 0 Å². The van der Waals surface area contributed by atoms with Crippen molar-refractivity contribution in [1.82, 2.24) is 9.62 Å². The molecule has 18 heavy (non-hydrogen) atoms. The van der Waals surface area contributed by atoms with Crippen LogP contribution in [0.1, 0.15) is 38.5 Å². The number of carbonyl (C=O) groups excluding carboxylic acids is 1. The van der Waals surface area contributed by atoms with E-state index in [-0.39, 0.29) is 17.9 Å². The highest BCUT2D eigenvalue weighted by Crippen LogP contribution is 2.24. The summed E-state index contributed by atoms with van der Waals surface area (Å²) in [5, 5.41) is 3.01. The highest BCUT2D eigenvalue weighted by Gasteiger charge is 2.31. The van der Waals surface area contributed by atoms with E-state index in [2.05, 4.69) is 5.32 Å². The van der Waals surface area contributed by atoms with Crippen LogP contribution in [0.15, 0.2) is 0 Å². The van der Waals surface area contributed by atoms with E-state index in [1.807, 2.05) is 0 Å². The summed E-state index contributed by atoms with van der Waals surface area (Å²) in [6.45, 7) is 0.950. The zero-order valence-electron chi connectivity index (χ0n) is 10.9. The largest absolute Gasteiger partial charge is 0.352 e. The number of sulfonamides is 1. The monoisotopic (exact) mass is 274 g/mol. The van der Waals surface area contributed by atoms with Crippen LogP contribution in [-0.4, -0.2) is 44.0 Å². The average Bonchev–Trinajstić information content (AvgIpc) is 2.78. The Morgan fingerprint density at radius 1 is 1.17 bits per heavy atom. The number of hydrogen-bond acceptors (Lipinski definition) is 3. The first-order valence-corrected chi connectivity index (χ1v) is 8.57. The normalized spacial score (nSPS) is 27.3. The molecule has 1 unspecified atom stereocenters. The molecule has 0 aromatic heterocycles. The third-order valence-electron chi connectivity index (χ3n) is 3.94. The van der Waals surface area contributed by atoms with Crippen molar-refractivity contribution in [1.29, 1.82) is 0 Å². The minimum Gasteiger partial charge on any atom is -0.352 e. The molecule has 104 valence electrons. The Balaban J connectivity index is 1.82. The SMILES string of the molecule is CS(=O)(=O)N1CCC(NC(=O)C2CCCCC2)C1. The van der Waals surface area contributed by atoms with Crippen molar-refractivity contribution < 1.29 is 13.2 Å². The molecule has 5 nitrogen and oxygen atoms in total. The number of amides is 1. The van der Waals surface area contributed by atoms with Crippen LogP contribution in [0.3, 0.4) is 0 Å². The number of hydrogen-bond donors (Lipinski definition) is 1. The summed E-state index contributed by atoms with van der Waals surface area (Å²) in [4.78, 5) is 12.0. The molecule has 2 rings (SSSR count). The molecule has 2 aliphatic rings. The van der Waals surface area contributed by atoms with E-state index in [4.69, 9.17) is 0 Å². The van der Waals surface area contributed by atoms with Gasteiger partial charge in [0, 0.05) is 25.0 Å². The second kappa shape index (κ2) is 5.57. The third kappa shape index (κ3) is 3.45. The van der Waals surface area contributed by atoms with Crippen molar-refractivity contribution in [2.45, 2.75) is 44.6 Å². The molecule has 0 aromatic rings. The van der Waals surface area contributed by atoms with E-state index in [0.29, 0.717) is 13.1 Å². The van der Waals surface area contributed by atoms with Crippen molar-refractivity contribution >= 4 is 15.9 Å². The zero-order valence-corrected chi connectivity index (χ0v) is 11.7. The van der Waals surface area contributed by atoms with E-state index in [1.54, 1.807) is 0 Å². The summed E-state index contributed by atoms with van der Waals surface area (Å²) in [7, 11) is -3.11. The van der Waals surface area contributed by atoms with E-state index in [1.165, 1.54) is 17.0 Å². The van der Waals surface area contributed by atoms with Crippen molar-refractivity contribution in [3.63, 3.8) is 0 Å². The van der Waals surface area contributed by atoms with Gasteiger partial charge in [0.1, 0.15) is 0 Å². The lowest BCUT2D eigenvalue weighted by atomic mass is 9.88. The molecule has 1 heterocycles. The first-order chi connectivity index (χ1) is 8.47. The van der Waals surface area contributed by atoms with Crippen molar-refractivity contribution in [3.8, 4) is 0 Å². The van der Waals surface area contributed by atoms with E-state index < -0.39 is 10.0 Å². The predicted molar refractivity (Wildman–Crippen MR) is 69.5 cm³/mol. The summed E-state index contributed by atoms with van der Waals surface area (Å²) in [6, 6.07) is -0.00542. The first-order valence-electron chi connectivity index (χ1n) is 6.72. The molecule has 1 amide bonds. The number of carbonyl (C=O) groups is 1. The van der Waals surface area contributed by atoms with Gasteiger partial charge in [-0.3, -0.25) is 4.79 Å². The van der Waals surface area contributed by atoms with Gasteiger partial charge in [-0.1, -0.05) is 19.3 Å². The third-order valence-corrected chi connectivity index (χ3v) is 5.21. The highest BCUT2D eigenvalue weighted by molar-refractivity contribution is 7.88. The Kier molecular flexibility index (Phi) is 4.27. The van der Waals surface area contributed by atoms with Crippen LogP contribution in [0.4, 0.5) is 0 Å². The minimum atomic E-state index is -3.11. The Morgan fingerprint density at radius 2 is 1.83 bits per heavy atom. The van der Waals surface area contributed by atoms with Gasteiger partial charge in [0.05, 0.1) is 6.26 Å². The fourth-order valence-corrected chi connectivity index (χ4v) is 3.72. The Bertz CT molecular complexity index is 402. The highest BCUT2D eigenvalue weighted by atomic mass is 32.2. The van der Waals surface area contributed by atoms with Gasteiger partial charge in [0.25, 0.3) is 0 Å². The topological polar surface area (TPSA) is 66.5 Å². The van der Waals surface area contributed by atoms with Gasteiger partial charge in [0.15, 0.2) is 0 Å². The second-order valence-corrected chi connectivity index (χ2v) is 7.43. The Labute approximate surface area is 109 Å². The summed E-state index contributed by atoms with van der Waals surface area (Å²) < 4.78 is 24.2. The fourth-order valence-electron chi connectivity index (χ4n) is 2.83. The molecule has 0 spiro atoms. The molecule has 1 atom stereocenters. The maximum absolute atomic E-state index is 12.0. The van der Waals surface area contributed by atoms with Gasteiger partial charge in [-0.2, -0.15) is 0 Å². The molecule has 1 saturated heterocycles. The molecule has 1 aliphatic carbocycles. The lowest BCUT2D eigenvalue weighted by molar-refractivity contribution is -0.126. The van der Waals surface area contributed by atoms with Crippen LogP contribution in [0, 0.1) is 5.92 Å². The van der Waals surface area contributed by atoms with E-state index in [0.717, 1.165) is 32.1 Å². The van der Waals surface area contributed by atoms with Crippen LogP contribution >= 0.6 is 0 Å². The minimum absolute atomic E-state index is 0.00542. The van der Waals surface area contributed by atoms with Crippen molar-refractivity contribution in [3.05, 3.63) is 0 Å². The van der Waals surface area contributed by atoms with Crippen LogP contribution in [0.25, 0.3) is 0 Å². The van der Waals surface area contributed by atoms with Gasteiger partial charge < -0.3 is 5.32 Å². The zero-order chi connectivity index (χ0) is 13.2. The molecule has 0 bridgehead atoms. The molecule has 2 fully saturated rings. The Morgan fingerprint density at radius 3 is 2.39 bits per heavy atom. The summed E-state index contributed by atoms with van der Waals surface area (Å²) >= 11 is 0. The van der Waals surface area contributed by atoms with Crippen molar-refractivity contribution in [2.75, 3.05) is 19.3 Å². The molecular weight excluding hydrogens is 252 g/mol. The molecule has 0 aromatic carbocycles. The Hall–Kier alpha value is -0.620. The summed E-state index contributed by atoms with van der Waals surface area (Å²) in [6.07, 6.45) is 7.41. The lowest BCUT2D eigenvalue weighted by Gasteiger charge is -2.23. The van der Waals surface area contributed by atoms with Gasteiger partial charge in [-0.15, -0.1) is 0 Å². The van der Waals surface area contributed by atoms with Gasteiger partial charge in [-0.25, -0.2) is 12.7 Å². The standard InChI is InChI=1S/C12H22N2O3S/c1-18(16,17)14-8-7-11(9-14)13-12(15)10-5-3-2-4-6-10/h10-11H,2-9H2,1H3,(H,13,15). The molecule has 1 N–H and O–H groups in total. The maximum atomic E-state index is 12.0. The lowest BCUT2D eigenvalue weighted by Crippen LogP contribution is -2.41. The van der Waals surface area contributed by atoms with Gasteiger partial charge in [-0.05, 0) is 19.3 Å². The van der Waals surface area contributed by atoms with Gasteiger partial charge >= 0.3 is 0 Å². The van der Waals surface area contributed by atoms with Crippen molar-refractivity contribution in [2.24, 2.45) is 5.92 Å². The van der Waals surface area contributed by atoms with E-state index in [9.17, 15) is 13.2 Å². The van der Waals surface area contributed by atoms with Gasteiger partial charge in [0.2, 0.25) is 15.9 Å². The quantitative estimate of drug-likeness (QED) is 0.824. The molecule has 1 aliphatic heterocycles. The average molecular weight is 274 g/mol. The van der Waals surface area contributed by atoms with E-state index >= 15 is 0 Å². The smallest absolute Gasteiger partial charge is 0.223 e. The fraction of sp³-hybridized carbons (Fsp3) is 0.917. The molecule has 1 saturated carbocycles. The number of nitrogens with one attached hydrogen (secondary N) is 1. The first kappa shape index (κ1) is 13.8. The van der Waals surface area contributed by atoms with Crippen LogP contribution in [0.5, 0.6) is 0 Å². The summed E-state index contributed by atoms with van der Waals surface area (Å²) in [5.74, 6) is 0.265. The number of rotatable bonds is 3. The predicted octanol–water partition coefficient (Wildman–Crippen LogP) is 0.717. The van der Waals surface area contributed by atoms with Crippen LogP contribution < -0.4 is 5.32 Å². The number of nitrogens with zero attached hydrogens (tertiary/aromatic N) is 1. The maximum Gasteiger partial charge on any atom is 0.223 e. The van der Waals surface area contributed by atoms with Crippen LogP contribution in [-0.2, 0) is 14.8 Å². The second-order valence-electron chi connectivity index (χ2n) is 5.45.